The van der Waals surface area contributed by atoms with Crippen LogP contribution >= 0.6 is 0 Å². The number of carbonyl (C=O) groups is 1. The molecule has 3 saturated heterocycles. The number of benzene rings is 1. The summed E-state index contributed by atoms with van der Waals surface area (Å²) in [4.78, 5) is 18.4. The van der Waals surface area contributed by atoms with Crippen molar-refractivity contribution in [1.82, 2.24) is 35.0 Å². The number of likely N-dealkylation sites (N-methyl/N-ethyl adjacent to an activating group) is 2. The van der Waals surface area contributed by atoms with Crippen molar-refractivity contribution in [2.75, 3.05) is 48.1 Å². The summed E-state index contributed by atoms with van der Waals surface area (Å²) >= 11 is 0. The van der Waals surface area contributed by atoms with Crippen molar-refractivity contribution >= 4 is 5.97 Å². The van der Waals surface area contributed by atoms with E-state index in [0.29, 0.717) is 31.6 Å². The van der Waals surface area contributed by atoms with Crippen LogP contribution in [0.1, 0.15) is 118 Å². The Morgan fingerprint density at radius 3 is 2.28 bits per heavy atom. The van der Waals surface area contributed by atoms with Crippen molar-refractivity contribution < 1.29 is 67.9 Å². The van der Waals surface area contributed by atoms with Gasteiger partial charge in [-0.2, -0.15) is 5.10 Å². The fourth-order valence-corrected chi connectivity index (χ4v) is 11.8. The van der Waals surface area contributed by atoms with Crippen LogP contribution in [-0.2, 0) is 44.4 Å². The number of carbonyl (C=O) groups excluding carboxylic acids is 1. The Hall–Kier alpha value is -3.55. The fraction of sp³-hybridized carbons (Fsp3) is 0.778. The van der Waals surface area contributed by atoms with Crippen molar-refractivity contribution in [3.05, 3.63) is 54.1 Å². The van der Waals surface area contributed by atoms with Crippen LogP contribution < -0.4 is 0 Å². The highest BCUT2D eigenvalue weighted by atomic mass is 19.1. The highest BCUT2D eigenvalue weighted by molar-refractivity contribution is 5.73. The van der Waals surface area contributed by atoms with Gasteiger partial charge in [-0.3, -0.25) is 9.89 Å². The minimum atomic E-state index is -1.85. The topological polar surface area (TPSA) is 249 Å². The molecular formula is C54H88FN7O13. The van der Waals surface area contributed by atoms with Gasteiger partial charge in [0.2, 0.25) is 0 Å². The maximum absolute atomic E-state index is 14.9. The number of alkyl halides is 1. The maximum Gasteiger partial charge on any atom is 0.311 e. The van der Waals surface area contributed by atoms with Crippen LogP contribution in [0, 0.1) is 17.8 Å². The normalized spacial score (nSPS) is 38.9. The number of rotatable bonds is 16. The van der Waals surface area contributed by atoms with Gasteiger partial charge in [0.1, 0.15) is 48.8 Å². The summed E-state index contributed by atoms with van der Waals surface area (Å²) in [5.41, 5.74) is -1.33. The number of aromatic amines is 1. The summed E-state index contributed by atoms with van der Waals surface area (Å²) in [6, 6.07) is 5.79. The van der Waals surface area contributed by atoms with Crippen LogP contribution in [0.5, 0.6) is 0 Å². The number of esters is 1. The molecule has 2 aromatic heterocycles. The minimum absolute atomic E-state index is 0.0837. The number of hydrogen-bond acceptors (Lipinski definition) is 18. The third kappa shape index (κ3) is 13.8. The molecule has 21 heteroatoms. The average Bonchev–Trinajstić information content (AvgIpc) is 4.09. The number of nitrogens with zero attached hydrogens (tertiary/aromatic N) is 6. The van der Waals surface area contributed by atoms with Gasteiger partial charge in [0, 0.05) is 76.1 Å². The number of ether oxygens (including phenoxy) is 7. The molecule has 3 fully saturated rings. The molecule has 0 radical (unpaired) electrons. The summed E-state index contributed by atoms with van der Waals surface area (Å²) in [6.45, 7) is 17.5. The molecule has 75 heavy (non-hydrogen) atoms. The molecule has 0 unspecified atom stereocenters. The number of H-pyrrole nitrogens is 1. The molecule has 20 nitrogen and oxygen atoms in total. The maximum atomic E-state index is 14.9. The summed E-state index contributed by atoms with van der Waals surface area (Å²) in [5.74, 6) is -2.88. The van der Waals surface area contributed by atoms with E-state index in [0.717, 1.165) is 16.7 Å². The highest BCUT2D eigenvalue weighted by Gasteiger charge is 2.53. The zero-order chi connectivity index (χ0) is 55.3. The van der Waals surface area contributed by atoms with Crippen molar-refractivity contribution in [1.29, 1.82) is 0 Å². The lowest BCUT2D eigenvalue weighted by molar-refractivity contribution is -0.318. The van der Waals surface area contributed by atoms with Gasteiger partial charge in [0.15, 0.2) is 12.6 Å². The predicted molar refractivity (Wildman–Crippen MR) is 276 cm³/mol. The predicted octanol–water partition coefficient (Wildman–Crippen LogP) is 4.39. The summed E-state index contributed by atoms with van der Waals surface area (Å²) in [6.07, 6.45) is -4.46. The second-order valence-corrected chi connectivity index (χ2v) is 22.6. The third-order valence-electron chi connectivity index (χ3n) is 16.6. The molecule has 6 rings (SSSR count). The number of nitrogens with one attached hydrogen (secondary N) is 1. The second-order valence-electron chi connectivity index (χ2n) is 22.6. The van der Waals surface area contributed by atoms with E-state index in [4.69, 9.17) is 33.2 Å². The molecule has 424 valence electrons. The molecule has 20 atom stereocenters. The van der Waals surface area contributed by atoms with Crippen LogP contribution in [0.3, 0.4) is 0 Å². The van der Waals surface area contributed by atoms with Gasteiger partial charge in [-0.15, -0.1) is 5.10 Å². The van der Waals surface area contributed by atoms with E-state index in [1.54, 1.807) is 67.1 Å². The van der Waals surface area contributed by atoms with Gasteiger partial charge < -0.3 is 68.5 Å². The lowest BCUT2D eigenvalue weighted by Crippen LogP contribution is -2.61. The Kier molecular flexibility index (Phi) is 20.6. The first-order chi connectivity index (χ1) is 35.3. The molecule has 0 bridgehead atoms. The quantitative estimate of drug-likeness (QED) is 0.109. The van der Waals surface area contributed by atoms with Gasteiger partial charge >= 0.3 is 5.97 Å². The monoisotopic (exact) mass is 1060 g/mol. The van der Waals surface area contributed by atoms with E-state index in [9.17, 15) is 34.7 Å². The largest absolute Gasteiger partial charge is 0.459 e. The first kappa shape index (κ1) is 60.7. The molecule has 5 heterocycles. The van der Waals surface area contributed by atoms with E-state index < -0.39 is 127 Å². The molecule has 3 aromatic rings. The van der Waals surface area contributed by atoms with Gasteiger partial charge in [0.05, 0.1) is 53.4 Å². The van der Waals surface area contributed by atoms with Crippen LogP contribution in [0.4, 0.5) is 4.39 Å². The van der Waals surface area contributed by atoms with Crippen LogP contribution in [0.2, 0.25) is 0 Å². The molecule has 0 aliphatic carbocycles. The molecule has 0 amide bonds. The van der Waals surface area contributed by atoms with Gasteiger partial charge in [-0.25, -0.2) is 9.07 Å². The van der Waals surface area contributed by atoms with E-state index in [2.05, 4.69) is 20.5 Å². The SMILES string of the molecule is CC[C@H]1OC(=O)[C@H](C)[C@@H](O[C@H]2C[C@@](C)(OC)[C@@H](O)[C@H](C)O2)[C@H](C)[C@@H](O[C@@H]2O[C@H](C)C[C@H](N(C)CCc3cn([C@H](CF)[C@H](OC)c4ccc(-c5cn[nH]c5)cc4)nn3)[C@H]2O)[C@](C)(O)C[C@@H](C)CN(C)[C@H](C)[C@@H](O)[C@]1(C)O. The Morgan fingerprint density at radius 1 is 0.973 bits per heavy atom. The third-order valence-corrected chi connectivity index (χ3v) is 16.6. The molecule has 6 N–H and O–H groups in total. The number of methoxy groups -OCH3 is 2. The first-order valence-electron chi connectivity index (χ1n) is 26.7. The van der Waals surface area contributed by atoms with Gasteiger partial charge in [-0.05, 0) is 98.9 Å². The van der Waals surface area contributed by atoms with Crippen molar-refractivity contribution in [2.45, 2.75) is 204 Å². The zero-order valence-electron chi connectivity index (χ0n) is 46.6. The number of hydrogen-bond donors (Lipinski definition) is 6. The fourth-order valence-electron chi connectivity index (χ4n) is 11.8. The van der Waals surface area contributed by atoms with E-state index in [1.807, 2.05) is 62.0 Å². The second kappa shape index (κ2) is 25.5. The minimum Gasteiger partial charge on any atom is -0.459 e. The van der Waals surface area contributed by atoms with Crippen LogP contribution in [0.15, 0.2) is 42.9 Å². The number of aliphatic hydroxyl groups excluding tert-OH is 3. The van der Waals surface area contributed by atoms with E-state index >= 15 is 0 Å². The molecule has 1 aromatic carbocycles. The van der Waals surface area contributed by atoms with Crippen LogP contribution in [-0.4, -0.2) is 205 Å². The summed E-state index contributed by atoms with van der Waals surface area (Å²) in [5, 5.41) is 75.4. The van der Waals surface area contributed by atoms with E-state index in [-0.39, 0.29) is 25.2 Å². The first-order valence-corrected chi connectivity index (χ1v) is 26.7. The number of aliphatic hydroxyl groups is 5. The molecule has 0 spiro atoms. The smallest absolute Gasteiger partial charge is 0.311 e. The number of aromatic nitrogens is 5. The lowest BCUT2D eigenvalue weighted by atomic mass is 9.77. The Bertz CT molecular complexity index is 2220. The molecular weight excluding hydrogens is 974 g/mol. The van der Waals surface area contributed by atoms with Crippen molar-refractivity contribution in [2.24, 2.45) is 17.8 Å². The Balaban J connectivity index is 1.26. The lowest BCUT2D eigenvalue weighted by Gasteiger charge is -2.49. The van der Waals surface area contributed by atoms with Crippen LogP contribution in [0.25, 0.3) is 11.1 Å². The highest BCUT2D eigenvalue weighted by Crippen LogP contribution is 2.41. The summed E-state index contributed by atoms with van der Waals surface area (Å²) < 4.78 is 60.5. The standard InChI is InChI=1S/C54H88FN7O13/c1-15-42-54(10,68)47(64)34(6)61(12)28-30(2)23-52(8,67)49(32(4)45(33(5)50(66)73-42)74-43-24-53(9,70-14)48(65)35(7)72-43)75-51-44(63)40(22-31(3)71-51)60(11)21-20-39-29-62(59-58-39)41(25-55)46(69-13)37-18-16-36(17-19-37)38-26-56-57-27-38/h16-19,26-27,29-35,40-49,51,63-65,67-68H,15,20-25,28H2,1-14H3,(H,56,57)/t30-,31-,32+,33-,34-,35+,40+,41-,42-,43+,44-,45+,46-,47-,48+,49-,51+,52-,53-,54-/m1/s1. The Labute approximate surface area is 442 Å². The van der Waals surface area contributed by atoms with Crippen molar-refractivity contribution in [3.8, 4) is 11.1 Å². The zero-order valence-corrected chi connectivity index (χ0v) is 46.6. The van der Waals surface area contributed by atoms with Crippen molar-refractivity contribution in [3.63, 3.8) is 0 Å². The number of cyclic esters (lactones) is 1. The van der Waals surface area contributed by atoms with Gasteiger partial charge in [0.25, 0.3) is 0 Å². The number of halogens is 1. The van der Waals surface area contributed by atoms with Gasteiger partial charge in [-0.1, -0.05) is 50.3 Å². The Morgan fingerprint density at radius 2 is 1.67 bits per heavy atom. The molecule has 3 aliphatic heterocycles. The molecule has 0 saturated carbocycles. The summed E-state index contributed by atoms with van der Waals surface area (Å²) in [7, 11) is 6.75. The van der Waals surface area contributed by atoms with E-state index in [1.165, 1.54) is 25.8 Å². The molecule has 3 aliphatic rings. The average molecular weight is 1060 g/mol.